The van der Waals surface area contributed by atoms with E-state index < -0.39 is 11.2 Å². The van der Waals surface area contributed by atoms with Gasteiger partial charge >= 0.3 is 0 Å². The lowest BCUT2D eigenvalue weighted by Gasteiger charge is -2.36. The summed E-state index contributed by atoms with van der Waals surface area (Å²) in [6.45, 7) is 12.4. The van der Waals surface area contributed by atoms with E-state index in [4.69, 9.17) is 0 Å². The number of carbonyl (C=O) groups is 1. The Labute approximate surface area is 206 Å². The fourth-order valence-electron chi connectivity index (χ4n) is 5.07. The topological polar surface area (TPSA) is 77.8 Å². The number of carbonyl (C=O) groups excluding carboxylic acids is 1. The molecule has 0 amide bonds. The second-order valence-electron chi connectivity index (χ2n) is 11.9. The molecule has 9 atom stereocenters. The van der Waals surface area contributed by atoms with Gasteiger partial charge < -0.3 is 20.1 Å². The maximum absolute atomic E-state index is 10.8. The lowest BCUT2D eigenvalue weighted by atomic mass is 9.77. The van der Waals surface area contributed by atoms with Crippen molar-refractivity contribution in [3.05, 3.63) is 11.6 Å². The Hall–Kier alpha value is -0.280. The highest BCUT2D eigenvalue weighted by Crippen LogP contribution is 2.37. The summed E-state index contributed by atoms with van der Waals surface area (Å²) in [5, 5.41) is 31.7. The van der Waals surface area contributed by atoms with Gasteiger partial charge in [0.15, 0.2) is 0 Å². The molecule has 5 heteroatoms. The monoisotopic (exact) mass is 484 g/mol. The van der Waals surface area contributed by atoms with E-state index in [1.165, 1.54) is 5.57 Å². The minimum Gasteiger partial charge on any atom is -0.390 e. The van der Waals surface area contributed by atoms with Gasteiger partial charge in [-0.3, -0.25) is 0 Å². The summed E-state index contributed by atoms with van der Waals surface area (Å²) in [4.78, 5) is 10.7. The molecule has 33 heavy (non-hydrogen) atoms. The summed E-state index contributed by atoms with van der Waals surface area (Å²) >= 11 is 0. The van der Waals surface area contributed by atoms with E-state index in [1.54, 1.807) is 0 Å². The van der Waals surface area contributed by atoms with Crippen LogP contribution in [-0.2, 0) is 4.79 Å². The summed E-state index contributed by atoms with van der Waals surface area (Å²) in [6, 6.07) is 0. The molecule has 0 aromatic heterocycles. The van der Waals surface area contributed by atoms with Gasteiger partial charge in [-0.2, -0.15) is 0 Å². The normalized spacial score (nSPS) is 29.0. The summed E-state index contributed by atoms with van der Waals surface area (Å²) in [5.41, 5.74) is 0.431. The maximum Gasteiger partial charge on any atom is 0.122 e. The van der Waals surface area contributed by atoms with Crippen LogP contribution < -0.4 is 0 Å². The third kappa shape index (κ3) is 11.8. The van der Waals surface area contributed by atoms with Crippen LogP contribution in [0.25, 0.3) is 0 Å². The Morgan fingerprint density at radius 3 is 2.00 bits per heavy atom. The molecule has 9 unspecified atom stereocenters. The van der Waals surface area contributed by atoms with Gasteiger partial charge in [0.2, 0.25) is 0 Å². The highest BCUT2D eigenvalue weighted by molar-refractivity contribution is 7.18. The molecule has 0 aromatic carbocycles. The molecule has 0 radical (unpaired) electrons. The van der Waals surface area contributed by atoms with Crippen molar-refractivity contribution in [2.45, 2.75) is 135 Å². The second kappa shape index (κ2) is 14.3. The average molecular weight is 485 g/mol. The van der Waals surface area contributed by atoms with Gasteiger partial charge in [-0.25, -0.2) is 0 Å². The van der Waals surface area contributed by atoms with Crippen molar-refractivity contribution < 1.29 is 20.1 Å². The third-order valence-corrected chi connectivity index (χ3v) is 9.16. The number of rotatable bonds is 16. The Balaban J connectivity index is 2.28. The Morgan fingerprint density at radius 1 is 0.939 bits per heavy atom. The van der Waals surface area contributed by atoms with Gasteiger partial charge in [0, 0.05) is 5.92 Å². The third-order valence-electron chi connectivity index (χ3n) is 8.12. The van der Waals surface area contributed by atoms with E-state index in [0.717, 1.165) is 57.7 Å². The van der Waals surface area contributed by atoms with Crippen LogP contribution in [0.5, 0.6) is 0 Å². The molecule has 1 aliphatic rings. The first kappa shape index (κ1) is 30.8. The van der Waals surface area contributed by atoms with E-state index in [-0.39, 0.29) is 12.0 Å². The van der Waals surface area contributed by atoms with Crippen molar-refractivity contribution in [2.75, 3.05) is 0 Å². The first-order valence-corrected chi connectivity index (χ1v) is 14.0. The fourth-order valence-corrected chi connectivity index (χ4v) is 5.70. The quantitative estimate of drug-likeness (QED) is 0.141. The smallest absolute Gasteiger partial charge is 0.122 e. The molecule has 0 spiro atoms. The molecule has 3 N–H and O–H groups in total. The zero-order chi connectivity index (χ0) is 25.2. The van der Waals surface area contributed by atoms with Crippen molar-refractivity contribution in [3.63, 3.8) is 0 Å². The van der Waals surface area contributed by atoms with E-state index in [9.17, 15) is 20.1 Å². The molecular formula is C28H53O4P. The van der Waals surface area contributed by atoms with Gasteiger partial charge in [-0.15, -0.1) is 9.24 Å². The molecule has 4 nitrogen and oxygen atoms in total. The number of aldehydes is 1. The standard InChI is InChI=1S/C28H53O4P/c1-20(12-13-24-18-25(30)22(3)23(4)26(24)33)10-7-14-27(5,31)16-9-17-28(6,32)15-8-11-21(2)19-29/h18-23,25-26,30-32H,7-17,33H2,1-6H3. The summed E-state index contributed by atoms with van der Waals surface area (Å²) < 4.78 is 0. The molecule has 0 saturated heterocycles. The van der Waals surface area contributed by atoms with Crippen LogP contribution in [0, 0.1) is 23.7 Å². The van der Waals surface area contributed by atoms with Crippen molar-refractivity contribution >= 4 is 15.5 Å². The van der Waals surface area contributed by atoms with Crippen LogP contribution in [0.1, 0.15) is 112 Å². The van der Waals surface area contributed by atoms with Gasteiger partial charge in [0.1, 0.15) is 6.29 Å². The number of allylic oxidation sites excluding steroid dienone is 1. The minimum atomic E-state index is -0.723. The molecule has 194 valence electrons. The number of hydrogen-bond donors (Lipinski definition) is 3. The SMILES string of the molecule is CC(C=O)CCCC(C)(O)CCCC(C)(O)CCCC(C)CCC1=CC(O)C(C)C(C)C1P. The molecule has 0 bridgehead atoms. The molecule has 0 heterocycles. The van der Waals surface area contributed by atoms with Crippen LogP contribution in [0.15, 0.2) is 11.6 Å². The van der Waals surface area contributed by atoms with Crippen molar-refractivity contribution in [3.8, 4) is 0 Å². The highest BCUT2D eigenvalue weighted by Gasteiger charge is 2.31. The molecule has 0 aromatic rings. The Morgan fingerprint density at radius 2 is 1.45 bits per heavy atom. The molecule has 1 aliphatic carbocycles. The lowest BCUT2D eigenvalue weighted by molar-refractivity contribution is -0.110. The zero-order valence-electron chi connectivity index (χ0n) is 22.2. The molecular weight excluding hydrogens is 431 g/mol. The number of aliphatic hydroxyl groups excluding tert-OH is 1. The van der Waals surface area contributed by atoms with Gasteiger partial charge in [0.05, 0.1) is 17.3 Å². The largest absolute Gasteiger partial charge is 0.390 e. The van der Waals surface area contributed by atoms with Crippen molar-refractivity contribution in [2.24, 2.45) is 23.7 Å². The van der Waals surface area contributed by atoms with Crippen LogP contribution in [0.3, 0.4) is 0 Å². The van der Waals surface area contributed by atoms with Gasteiger partial charge in [0.25, 0.3) is 0 Å². The summed E-state index contributed by atoms with van der Waals surface area (Å²) in [5.74, 6) is 1.45. The number of hydrogen-bond acceptors (Lipinski definition) is 4. The van der Waals surface area contributed by atoms with E-state index in [0.29, 0.717) is 42.7 Å². The zero-order valence-corrected chi connectivity index (χ0v) is 23.4. The fraction of sp³-hybridized carbons (Fsp3) is 0.893. The Kier molecular flexibility index (Phi) is 13.3. The Bertz CT molecular complexity index is 601. The number of aliphatic hydroxyl groups is 3. The van der Waals surface area contributed by atoms with E-state index >= 15 is 0 Å². The summed E-state index contributed by atoms with van der Waals surface area (Å²) in [6.07, 6.45) is 12.4. The first-order valence-electron chi connectivity index (χ1n) is 13.3. The maximum atomic E-state index is 10.8. The molecule has 0 aliphatic heterocycles. The lowest BCUT2D eigenvalue weighted by Crippen LogP contribution is -2.34. The molecule has 0 fully saturated rings. The van der Waals surface area contributed by atoms with Crippen molar-refractivity contribution in [1.82, 2.24) is 0 Å². The molecule has 0 saturated carbocycles. The second-order valence-corrected chi connectivity index (χ2v) is 12.6. The van der Waals surface area contributed by atoms with E-state index in [2.05, 4.69) is 36.1 Å². The van der Waals surface area contributed by atoms with Crippen LogP contribution in [-0.4, -0.2) is 44.6 Å². The van der Waals surface area contributed by atoms with Gasteiger partial charge in [-0.1, -0.05) is 52.2 Å². The minimum absolute atomic E-state index is 0.0597. The van der Waals surface area contributed by atoms with Gasteiger partial charge in [-0.05, 0) is 95.0 Å². The van der Waals surface area contributed by atoms with Crippen LogP contribution >= 0.6 is 9.24 Å². The predicted molar refractivity (Wildman–Crippen MR) is 142 cm³/mol. The first-order chi connectivity index (χ1) is 15.3. The van der Waals surface area contributed by atoms with Crippen LogP contribution in [0.2, 0.25) is 0 Å². The van der Waals surface area contributed by atoms with E-state index in [1.807, 2.05) is 20.8 Å². The highest BCUT2D eigenvalue weighted by atomic mass is 31.0. The summed E-state index contributed by atoms with van der Waals surface area (Å²) in [7, 11) is 2.98. The average Bonchev–Trinajstić information content (AvgIpc) is 2.73. The predicted octanol–water partition coefficient (Wildman–Crippen LogP) is 6.07. The van der Waals surface area contributed by atoms with Crippen molar-refractivity contribution in [1.29, 1.82) is 0 Å². The van der Waals surface area contributed by atoms with Crippen LogP contribution in [0.4, 0.5) is 0 Å². The molecule has 1 rings (SSSR count).